The van der Waals surface area contributed by atoms with Crippen LogP contribution >= 0.6 is 0 Å². The standard InChI is InChI=1S/C12H18F6N2O2/c1-4-20(5-2)8-7-10(11(13,14)15,12(16,17)18)19-9(21)22-6-3/h7-8H,4-6H2,1-3H3,(H,19,21)/b8-7+. The maximum Gasteiger partial charge on any atom is 0.424 e. The zero-order valence-corrected chi connectivity index (χ0v) is 12.3. The van der Waals surface area contributed by atoms with Crippen LogP contribution in [0.1, 0.15) is 20.8 Å². The first-order chi connectivity index (χ1) is 9.95. The SMILES string of the molecule is CCOC(=O)NC(/C=C/N(CC)CC)(C(F)(F)F)C(F)(F)F. The highest BCUT2D eigenvalue weighted by Crippen LogP contribution is 2.44. The number of alkyl carbamates (subject to hydrolysis) is 1. The Morgan fingerprint density at radius 1 is 1.05 bits per heavy atom. The second kappa shape index (κ2) is 7.59. The van der Waals surface area contributed by atoms with Crippen LogP contribution in [0.15, 0.2) is 12.3 Å². The number of carbonyl (C=O) groups excluding carboxylic acids is 1. The molecule has 0 fully saturated rings. The molecule has 0 radical (unpaired) electrons. The van der Waals surface area contributed by atoms with Crippen molar-refractivity contribution >= 4 is 6.09 Å². The van der Waals surface area contributed by atoms with E-state index < -0.39 is 24.0 Å². The average molecular weight is 336 g/mol. The third-order valence-electron chi connectivity index (χ3n) is 2.82. The lowest BCUT2D eigenvalue weighted by molar-refractivity contribution is -0.287. The van der Waals surface area contributed by atoms with Crippen LogP contribution in [0.3, 0.4) is 0 Å². The molecule has 0 aromatic heterocycles. The third-order valence-corrected chi connectivity index (χ3v) is 2.82. The number of hydrogen-bond donors (Lipinski definition) is 1. The van der Waals surface area contributed by atoms with Gasteiger partial charge in [-0.3, -0.25) is 5.32 Å². The molecule has 0 heterocycles. The lowest BCUT2D eigenvalue weighted by Gasteiger charge is -2.35. The molecule has 0 spiro atoms. The third kappa shape index (κ3) is 4.70. The van der Waals surface area contributed by atoms with Crippen molar-refractivity contribution in [3.05, 3.63) is 12.3 Å². The summed E-state index contributed by atoms with van der Waals surface area (Å²) in [6.45, 7) is 4.44. The van der Waals surface area contributed by atoms with E-state index in [2.05, 4.69) is 4.74 Å². The molecule has 10 heteroatoms. The van der Waals surface area contributed by atoms with E-state index in [0.717, 1.165) is 5.32 Å². The van der Waals surface area contributed by atoms with Crippen molar-refractivity contribution in [1.29, 1.82) is 0 Å². The number of rotatable bonds is 6. The Morgan fingerprint density at radius 3 is 1.82 bits per heavy atom. The van der Waals surface area contributed by atoms with Gasteiger partial charge in [0.05, 0.1) is 6.61 Å². The molecule has 0 unspecified atom stereocenters. The van der Waals surface area contributed by atoms with Crippen molar-refractivity contribution in [2.75, 3.05) is 19.7 Å². The zero-order valence-electron chi connectivity index (χ0n) is 12.3. The average Bonchev–Trinajstić information content (AvgIpc) is 2.35. The van der Waals surface area contributed by atoms with Crippen LogP contribution in [0.5, 0.6) is 0 Å². The number of halogens is 6. The second-order valence-corrected chi connectivity index (χ2v) is 4.19. The number of alkyl halides is 6. The van der Waals surface area contributed by atoms with Crippen LogP contribution in [-0.4, -0.2) is 48.6 Å². The highest BCUT2D eigenvalue weighted by atomic mass is 19.4. The minimum atomic E-state index is -5.79. The maximum absolute atomic E-state index is 13.1. The Morgan fingerprint density at radius 2 is 1.50 bits per heavy atom. The molecule has 0 bridgehead atoms. The van der Waals surface area contributed by atoms with Crippen molar-refractivity contribution in [3.8, 4) is 0 Å². The number of hydrogen-bond acceptors (Lipinski definition) is 3. The van der Waals surface area contributed by atoms with Gasteiger partial charge in [0.15, 0.2) is 0 Å². The Bertz CT molecular complexity index is 374. The van der Waals surface area contributed by atoms with Crippen LogP contribution in [0.4, 0.5) is 31.1 Å². The molecule has 4 nitrogen and oxygen atoms in total. The predicted octanol–water partition coefficient (Wildman–Crippen LogP) is 3.45. The second-order valence-electron chi connectivity index (χ2n) is 4.19. The maximum atomic E-state index is 13.1. The van der Waals surface area contributed by atoms with Crippen molar-refractivity contribution in [3.63, 3.8) is 0 Å². The molecule has 1 amide bonds. The molecule has 0 saturated carbocycles. The van der Waals surface area contributed by atoms with Gasteiger partial charge in [0.1, 0.15) is 0 Å². The first-order valence-electron chi connectivity index (χ1n) is 6.46. The molecule has 0 aliphatic carbocycles. The van der Waals surface area contributed by atoms with Crippen LogP contribution in [-0.2, 0) is 4.74 Å². The van der Waals surface area contributed by atoms with Crippen LogP contribution in [0.2, 0.25) is 0 Å². The largest absolute Gasteiger partial charge is 0.450 e. The van der Waals surface area contributed by atoms with Gasteiger partial charge in [0, 0.05) is 13.1 Å². The van der Waals surface area contributed by atoms with Crippen molar-refractivity contribution < 1.29 is 35.9 Å². The van der Waals surface area contributed by atoms with Gasteiger partial charge in [0.2, 0.25) is 0 Å². The Balaban J connectivity index is 5.85. The number of nitrogens with one attached hydrogen (secondary N) is 1. The summed E-state index contributed by atoms with van der Waals surface area (Å²) in [5.74, 6) is 0. The van der Waals surface area contributed by atoms with E-state index >= 15 is 0 Å². The van der Waals surface area contributed by atoms with E-state index in [-0.39, 0.29) is 25.8 Å². The monoisotopic (exact) mass is 336 g/mol. The molecule has 1 N–H and O–H groups in total. The molecule has 0 rings (SSSR count). The van der Waals surface area contributed by atoms with Gasteiger partial charge in [-0.15, -0.1) is 0 Å². The van der Waals surface area contributed by atoms with Gasteiger partial charge in [-0.2, -0.15) is 26.3 Å². The summed E-state index contributed by atoms with van der Waals surface area (Å²) in [6.07, 6.45) is -12.8. The van der Waals surface area contributed by atoms with E-state index in [0.29, 0.717) is 6.20 Å². The topological polar surface area (TPSA) is 41.6 Å². The lowest BCUT2D eigenvalue weighted by Crippen LogP contribution is -2.66. The quantitative estimate of drug-likeness (QED) is 0.756. The summed E-state index contributed by atoms with van der Waals surface area (Å²) in [5.41, 5.74) is -4.52. The highest BCUT2D eigenvalue weighted by molar-refractivity contribution is 5.69. The van der Waals surface area contributed by atoms with Gasteiger partial charge >= 0.3 is 18.4 Å². The smallest absolute Gasteiger partial charge is 0.424 e. The van der Waals surface area contributed by atoms with Gasteiger partial charge in [-0.1, -0.05) is 0 Å². The fraction of sp³-hybridized carbons (Fsp3) is 0.750. The molecule has 0 atom stereocenters. The summed E-state index contributed by atoms with van der Waals surface area (Å²) < 4.78 is 82.6. The van der Waals surface area contributed by atoms with Gasteiger partial charge < -0.3 is 9.64 Å². The number of nitrogens with zero attached hydrogens (tertiary/aromatic N) is 1. The lowest BCUT2D eigenvalue weighted by atomic mass is 9.98. The molecule has 0 aromatic carbocycles. The molecule has 0 saturated heterocycles. The fourth-order valence-corrected chi connectivity index (χ4v) is 1.51. The van der Waals surface area contributed by atoms with E-state index in [4.69, 9.17) is 0 Å². The van der Waals surface area contributed by atoms with Crippen molar-refractivity contribution in [1.82, 2.24) is 10.2 Å². The van der Waals surface area contributed by atoms with Crippen molar-refractivity contribution in [2.45, 2.75) is 38.7 Å². The summed E-state index contributed by atoms with van der Waals surface area (Å²) in [6, 6.07) is 0. The summed E-state index contributed by atoms with van der Waals surface area (Å²) >= 11 is 0. The van der Waals surface area contributed by atoms with Gasteiger partial charge in [-0.25, -0.2) is 4.79 Å². The normalized spacial score (nSPS) is 13.3. The van der Waals surface area contributed by atoms with Crippen LogP contribution in [0.25, 0.3) is 0 Å². The molecule has 0 aliphatic heterocycles. The van der Waals surface area contributed by atoms with Crippen molar-refractivity contribution in [2.24, 2.45) is 0 Å². The van der Waals surface area contributed by atoms with Crippen LogP contribution in [0, 0.1) is 0 Å². The predicted molar refractivity (Wildman–Crippen MR) is 67.1 cm³/mol. The van der Waals surface area contributed by atoms with E-state index in [9.17, 15) is 31.1 Å². The zero-order chi connectivity index (χ0) is 17.6. The summed E-state index contributed by atoms with van der Waals surface area (Å²) in [5, 5.41) is 0.890. The highest BCUT2D eigenvalue weighted by Gasteiger charge is 2.70. The first kappa shape index (κ1) is 20.4. The van der Waals surface area contributed by atoms with E-state index in [1.165, 1.54) is 11.8 Å². The number of ether oxygens (including phenoxy) is 1. The molecule has 0 aliphatic rings. The minimum absolute atomic E-state index is 0.114. The first-order valence-corrected chi connectivity index (χ1v) is 6.46. The molecule has 22 heavy (non-hydrogen) atoms. The molecule has 130 valence electrons. The number of amides is 1. The Hall–Kier alpha value is -1.61. The molecular weight excluding hydrogens is 318 g/mol. The summed E-state index contributed by atoms with van der Waals surface area (Å²) in [7, 11) is 0. The van der Waals surface area contributed by atoms with E-state index in [1.807, 2.05) is 0 Å². The summed E-state index contributed by atoms with van der Waals surface area (Å²) in [4.78, 5) is 12.4. The minimum Gasteiger partial charge on any atom is -0.450 e. The Labute approximate surface area is 124 Å². The fourth-order valence-electron chi connectivity index (χ4n) is 1.51. The van der Waals surface area contributed by atoms with E-state index in [1.54, 1.807) is 13.8 Å². The number of carbonyl (C=O) groups is 1. The van der Waals surface area contributed by atoms with Crippen LogP contribution < -0.4 is 5.32 Å². The van der Waals surface area contributed by atoms with Gasteiger partial charge in [0.25, 0.3) is 5.54 Å². The Kier molecular flexibility index (Phi) is 7.04. The molecular formula is C12H18F6N2O2. The molecule has 0 aromatic rings. The van der Waals surface area contributed by atoms with Gasteiger partial charge in [-0.05, 0) is 33.0 Å².